The van der Waals surface area contributed by atoms with Crippen LogP contribution in [0.4, 0.5) is 10.6 Å². The van der Waals surface area contributed by atoms with Gasteiger partial charge in [0, 0.05) is 47.6 Å². The van der Waals surface area contributed by atoms with Crippen molar-refractivity contribution in [2.45, 2.75) is 42.6 Å². The van der Waals surface area contributed by atoms with Gasteiger partial charge < -0.3 is 14.5 Å². The van der Waals surface area contributed by atoms with E-state index >= 15 is 0 Å². The van der Waals surface area contributed by atoms with Crippen LogP contribution in [0.3, 0.4) is 0 Å². The molecule has 0 saturated carbocycles. The molecule has 174 valence electrons. The molecular weight excluding hydrogens is 477 g/mol. The summed E-state index contributed by atoms with van der Waals surface area (Å²) in [5.74, 6) is 0.940. The topological polar surface area (TPSA) is 45.7 Å². The highest BCUT2D eigenvalue weighted by Crippen LogP contribution is 2.35. The van der Waals surface area contributed by atoms with E-state index in [1.807, 2.05) is 51.2 Å². The summed E-state index contributed by atoms with van der Waals surface area (Å²) in [6.45, 7) is 8.48. The molecule has 1 fully saturated rings. The number of halogens is 2. The first-order valence-electron chi connectivity index (χ1n) is 10.9. The Labute approximate surface area is 209 Å². The average molecular weight is 504 g/mol. The Kier molecular flexibility index (Phi) is 7.27. The third-order valence-electron chi connectivity index (χ3n) is 5.29. The van der Waals surface area contributed by atoms with Crippen LogP contribution in [0.15, 0.2) is 58.5 Å². The SMILES string of the molecule is CC(C)(C)OC(=O)N1CCCN(c2nccc3ccc(Sc4ccc(Cl)c(Cl)c4)cc23)CC1. The number of anilines is 1. The number of aromatic nitrogens is 1. The zero-order valence-corrected chi connectivity index (χ0v) is 21.3. The Morgan fingerprint density at radius 2 is 1.73 bits per heavy atom. The number of fused-ring (bicyclic) bond motifs is 1. The number of rotatable bonds is 3. The van der Waals surface area contributed by atoms with E-state index in [9.17, 15) is 4.79 Å². The maximum absolute atomic E-state index is 12.5. The zero-order chi connectivity index (χ0) is 23.6. The summed E-state index contributed by atoms with van der Waals surface area (Å²) in [5.41, 5.74) is -0.497. The summed E-state index contributed by atoms with van der Waals surface area (Å²) in [4.78, 5) is 23.4. The number of hydrogen-bond acceptors (Lipinski definition) is 5. The molecule has 1 aliphatic heterocycles. The van der Waals surface area contributed by atoms with Crippen molar-refractivity contribution in [2.24, 2.45) is 0 Å². The molecule has 1 saturated heterocycles. The highest BCUT2D eigenvalue weighted by atomic mass is 35.5. The summed E-state index contributed by atoms with van der Waals surface area (Å²) in [6, 6.07) is 14.1. The Morgan fingerprint density at radius 1 is 0.970 bits per heavy atom. The molecule has 0 unspecified atom stereocenters. The van der Waals surface area contributed by atoms with Crippen molar-refractivity contribution in [1.82, 2.24) is 9.88 Å². The van der Waals surface area contributed by atoms with E-state index in [1.54, 1.807) is 16.7 Å². The first-order valence-corrected chi connectivity index (χ1v) is 12.5. The van der Waals surface area contributed by atoms with Crippen molar-refractivity contribution >= 4 is 57.6 Å². The molecule has 2 aromatic carbocycles. The third-order valence-corrected chi connectivity index (χ3v) is 7.01. The number of carbonyl (C=O) groups is 1. The number of ether oxygens (including phenoxy) is 1. The first-order chi connectivity index (χ1) is 15.7. The van der Waals surface area contributed by atoms with Crippen LogP contribution in [-0.4, -0.2) is 47.8 Å². The molecule has 0 spiro atoms. The molecular formula is C25H27Cl2N3O2S. The summed E-state index contributed by atoms with van der Waals surface area (Å²) in [7, 11) is 0. The number of benzene rings is 2. The van der Waals surface area contributed by atoms with E-state index in [4.69, 9.17) is 32.9 Å². The van der Waals surface area contributed by atoms with Crippen molar-refractivity contribution < 1.29 is 9.53 Å². The Morgan fingerprint density at radius 3 is 2.48 bits per heavy atom. The predicted octanol–water partition coefficient (Wildman–Crippen LogP) is 7.14. The molecule has 3 aromatic rings. The summed E-state index contributed by atoms with van der Waals surface area (Å²) < 4.78 is 5.56. The Hall–Kier alpha value is -2.15. The van der Waals surface area contributed by atoms with Crippen LogP contribution in [0.5, 0.6) is 0 Å². The van der Waals surface area contributed by atoms with Gasteiger partial charge in [0.25, 0.3) is 0 Å². The van der Waals surface area contributed by atoms with Gasteiger partial charge in [-0.2, -0.15) is 0 Å². The van der Waals surface area contributed by atoms with E-state index in [0.29, 0.717) is 29.7 Å². The van der Waals surface area contributed by atoms with Crippen LogP contribution in [0, 0.1) is 0 Å². The predicted molar refractivity (Wildman–Crippen MR) is 137 cm³/mol. The van der Waals surface area contributed by atoms with Crippen LogP contribution in [0.1, 0.15) is 27.2 Å². The fraction of sp³-hybridized carbons (Fsp3) is 0.360. The number of pyridine rings is 1. The zero-order valence-electron chi connectivity index (χ0n) is 19.0. The molecule has 0 bridgehead atoms. The molecule has 4 rings (SSSR count). The summed E-state index contributed by atoms with van der Waals surface area (Å²) >= 11 is 13.9. The van der Waals surface area contributed by atoms with Crippen LogP contribution in [-0.2, 0) is 4.74 Å². The summed E-state index contributed by atoms with van der Waals surface area (Å²) in [5, 5.41) is 3.32. The van der Waals surface area contributed by atoms with Crippen molar-refractivity contribution in [3.63, 3.8) is 0 Å². The fourth-order valence-electron chi connectivity index (χ4n) is 3.76. The quantitative estimate of drug-likeness (QED) is 0.379. The minimum atomic E-state index is -0.497. The maximum atomic E-state index is 12.5. The number of carbonyl (C=O) groups excluding carboxylic acids is 1. The highest BCUT2D eigenvalue weighted by molar-refractivity contribution is 7.99. The number of nitrogens with zero attached hydrogens (tertiary/aromatic N) is 3. The third kappa shape index (κ3) is 6.05. The molecule has 0 N–H and O–H groups in total. The van der Waals surface area contributed by atoms with Gasteiger partial charge in [-0.25, -0.2) is 9.78 Å². The van der Waals surface area contributed by atoms with E-state index < -0.39 is 5.60 Å². The molecule has 2 heterocycles. The van der Waals surface area contributed by atoms with Gasteiger partial charge in [-0.05, 0) is 69.0 Å². The maximum Gasteiger partial charge on any atom is 0.410 e. The lowest BCUT2D eigenvalue weighted by atomic mass is 10.1. The van der Waals surface area contributed by atoms with Crippen LogP contribution in [0.2, 0.25) is 10.0 Å². The molecule has 33 heavy (non-hydrogen) atoms. The molecule has 5 nitrogen and oxygen atoms in total. The first kappa shape index (κ1) is 24.0. The van der Waals surface area contributed by atoms with E-state index in [0.717, 1.165) is 39.3 Å². The number of hydrogen-bond donors (Lipinski definition) is 0. The van der Waals surface area contributed by atoms with Gasteiger partial charge in [0.2, 0.25) is 0 Å². The highest BCUT2D eigenvalue weighted by Gasteiger charge is 2.25. The molecule has 1 amide bonds. The Balaban J connectivity index is 1.55. The second-order valence-corrected chi connectivity index (χ2v) is 11.0. The lowest BCUT2D eigenvalue weighted by Crippen LogP contribution is -2.39. The molecule has 0 aliphatic carbocycles. The smallest absolute Gasteiger partial charge is 0.410 e. The average Bonchev–Trinajstić information content (AvgIpc) is 3.01. The molecule has 1 aliphatic rings. The van der Waals surface area contributed by atoms with E-state index in [2.05, 4.69) is 23.1 Å². The van der Waals surface area contributed by atoms with Crippen LogP contribution < -0.4 is 4.90 Å². The molecule has 1 aromatic heterocycles. The summed E-state index contributed by atoms with van der Waals surface area (Å²) in [6.07, 6.45) is 2.45. The minimum absolute atomic E-state index is 0.254. The van der Waals surface area contributed by atoms with Gasteiger partial charge in [-0.3, -0.25) is 0 Å². The monoisotopic (exact) mass is 503 g/mol. The molecule has 0 atom stereocenters. The van der Waals surface area contributed by atoms with E-state index in [-0.39, 0.29) is 6.09 Å². The van der Waals surface area contributed by atoms with Gasteiger partial charge in [0.15, 0.2) is 0 Å². The van der Waals surface area contributed by atoms with Crippen molar-refractivity contribution in [1.29, 1.82) is 0 Å². The van der Waals surface area contributed by atoms with Gasteiger partial charge in [-0.15, -0.1) is 0 Å². The van der Waals surface area contributed by atoms with Gasteiger partial charge in [0.05, 0.1) is 10.0 Å². The lowest BCUT2D eigenvalue weighted by Gasteiger charge is -2.27. The molecule has 0 radical (unpaired) electrons. The van der Waals surface area contributed by atoms with Crippen LogP contribution in [0.25, 0.3) is 10.8 Å². The minimum Gasteiger partial charge on any atom is -0.444 e. The normalized spacial score (nSPS) is 14.9. The van der Waals surface area contributed by atoms with Gasteiger partial charge >= 0.3 is 6.09 Å². The lowest BCUT2D eigenvalue weighted by molar-refractivity contribution is 0.0263. The second kappa shape index (κ2) is 10.00. The fourth-order valence-corrected chi connectivity index (χ4v) is 5.02. The van der Waals surface area contributed by atoms with Gasteiger partial charge in [0.1, 0.15) is 11.4 Å². The second-order valence-electron chi connectivity index (χ2n) is 9.00. The standard InChI is InChI=1S/C25H27Cl2N3O2S/c1-25(2,3)32-24(31)30-12-4-11-29(13-14-30)23-20-15-18(6-5-17(20)9-10-28-23)33-19-7-8-21(26)22(27)16-19/h5-10,15-16H,4,11-14H2,1-3H3. The van der Waals surface area contributed by atoms with Crippen molar-refractivity contribution in [3.8, 4) is 0 Å². The largest absolute Gasteiger partial charge is 0.444 e. The number of amides is 1. The Bertz CT molecular complexity index is 1170. The van der Waals surface area contributed by atoms with Crippen molar-refractivity contribution in [2.75, 3.05) is 31.1 Å². The molecule has 8 heteroatoms. The van der Waals surface area contributed by atoms with Gasteiger partial charge in [-0.1, -0.05) is 41.0 Å². The van der Waals surface area contributed by atoms with Crippen LogP contribution >= 0.6 is 35.0 Å². The van der Waals surface area contributed by atoms with E-state index in [1.165, 1.54) is 0 Å². The van der Waals surface area contributed by atoms with Crippen molar-refractivity contribution in [3.05, 3.63) is 58.7 Å².